The number of nitrogens with one attached hydrogen (secondary N) is 1. The van der Waals surface area contributed by atoms with Gasteiger partial charge in [-0.2, -0.15) is 0 Å². The van der Waals surface area contributed by atoms with Gasteiger partial charge in [0.1, 0.15) is 5.42 Å². The van der Waals surface area contributed by atoms with Gasteiger partial charge in [-0.3, -0.25) is 9.79 Å². The van der Waals surface area contributed by atoms with E-state index in [1.165, 1.54) is 19.3 Å². The Labute approximate surface area is 119 Å². The van der Waals surface area contributed by atoms with Crippen LogP contribution in [0.5, 0.6) is 0 Å². The molecule has 0 saturated heterocycles. The van der Waals surface area contributed by atoms with Gasteiger partial charge in [0.05, 0.1) is 0 Å². The summed E-state index contributed by atoms with van der Waals surface area (Å²) in [6.07, 6.45) is 7.15. The molecule has 0 bridgehead atoms. The van der Waals surface area contributed by atoms with Crippen molar-refractivity contribution in [1.82, 2.24) is 5.32 Å². The van der Waals surface area contributed by atoms with Gasteiger partial charge in [0.15, 0.2) is 5.76 Å². The van der Waals surface area contributed by atoms with Crippen LogP contribution < -0.4 is 16.0 Å². The molecule has 4 heteroatoms. The molecule has 2 unspecified atom stereocenters. The molecule has 0 radical (unpaired) electrons. The molecule has 0 spiro atoms. The normalized spacial score (nSPS) is 22.4. The molecule has 1 fully saturated rings. The largest absolute Gasteiger partial charge is 0.452 e. The third-order valence-corrected chi connectivity index (χ3v) is 3.72. The van der Waals surface area contributed by atoms with E-state index in [2.05, 4.69) is 23.8 Å². The Morgan fingerprint density at radius 2 is 2.40 bits per heavy atom. The van der Waals surface area contributed by atoms with Crippen molar-refractivity contribution in [2.45, 2.75) is 26.2 Å². The second-order valence-electron chi connectivity index (χ2n) is 5.32. The van der Waals surface area contributed by atoms with Crippen LogP contribution in [0.3, 0.4) is 0 Å². The fraction of sp³-hybridized carbons (Fsp3) is 0.500. The van der Waals surface area contributed by atoms with E-state index >= 15 is 0 Å². The smallest absolute Gasteiger partial charge is 0.287 e. The molecule has 1 heterocycles. The molecular formula is C16H22N2O2. The minimum absolute atomic E-state index is 0.162. The molecule has 2 rings (SSSR count). The van der Waals surface area contributed by atoms with Gasteiger partial charge >= 0.3 is 0 Å². The van der Waals surface area contributed by atoms with Crippen molar-refractivity contribution in [2.75, 3.05) is 13.6 Å². The van der Waals surface area contributed by atoms with E-state index in [0.717, 1.165) is 17.7 Å². The fourth-order valence-electron chi connectivity index (χ4n) is 2.45. The van der Waals surface area contributed by atoms with Gasteiger partial charge in [-0.05, 0) is 30.4 Å². The lowest BCUT2D eigenvalue weighted by molar-refractivity contribution is 0.0922. The number of carbonyl (C=O) groups is 1. The highest BCUT2D eigenvalue weighted by Gasteiger charge is 2.35. The molecule has 0 aliphatic heterocycles. The van der Waals surface area contributed by atoms with E-state index in [1.54, 1.807) is 25.4 Å². The van der Waals surface area contributed by atoms with Crippen molar-refractivity contribution in [3.63, 3.8) is 0 Å². The summed E-state index contributed by atoms with van der Waals surface area (Å²) in [5.74, 6) is 1.60. The molecular weight excluding hydrogens is 252 g/mol. The highest BCUT2D eigenvalue weighted by atomic mass is 16.3. The van der Waals surface area contributed by atoms with Crippen molar-refractivity contribution >= 4 is 24.8 Å². The van der Waals surface area contributed by atoms with Crippen LogP contribution in [0.2, 0.25) is 0 Å². The van der Waals surface area contributed by atoms with Crippen LogP contribution in [0.25, 0.3) is 12.7 Å². The Morgan fingerprint density at radius 3 is 3.10 bits per heavy atom. The maximum atomic E-state index is 12.0. The van der Waals surface area contributed by atoms with Gasteiger partial charge in [0, 0.05) is 25.0 Å². The first-order valence-electron chi connectivity index (χ1n) is 7.15. The first kappa shape index (κ1) is 14.6. The number of carbonyl (C=O) groups excluding carboxylic acids is 1. The third-order valence-electron chi connectivity index (χ3n) is 3.72. The molecule has 1 aliphatic carbocycles. The second-order valence-corrected chi connectivity index (χ2v) is 5.32. The number of furan rings is 1. The van der Waals surface area contributed by atoms with Gasteiger partial charge in [-0.25, -0.2) is 0 Å². The molecule has 1 amide bonds. The monoisotopic (exact) mass is 274 g/mol. The van der Waals surface area contributed by atoms with Gasteiger partial charge in [0.2, 0.25) is 0 Å². The molecule has 2 atom stereocenters. The average molecular weight is 274 g/mol. The number of hydrogen-bond acceptors (Lipinski definition) is 3. The van der Waals surface area contributed by atoms with Crippen molar-refractivity contribution < 1.29 is 9.21 Å². The zero-order valence-electron chi connectivity index (χ0n) is 12.2. The van der Waals surface area contributed by atoms with Crippen molar-refractivity contribution in [3.8, 4) is 0 Å². The SMILES string of the molecule is C=c1oc(C(=O)NCC2CC2CCC)cc1=CC=NC. The summed E-state index contributed by atoms with van der Waals surface area (Å²) >= 11 is 0. The van der Waals surface area contributed by atoms with E-state index in [9.17, 15) is 4.79 Å². The molecule has 0 aromatic carbocycles. The van der Waals surface area contributed by atoms with Gasteiger partial charge in [-0.1, -0.05) is 26.3 Å². The molecule has 20 heavy (non-hydrogen) atoms. The first-order chi connectivity index (χ1) is 9.65. The number of rotatable bonds is 6. The van der Waals surface area contributed by atoms with Crippen LogP contribution in [-0.4, -0.2) is 25.7 Å². The lowest BCUT2D eigenvalue weighted by Crippen LogP contribution is -2.25. The van der Waals surface area contributed by atoms with Gasteiger partial charge in [-0.15, -0.1) is 0 Å². The zero-order valence-corrected chi connectivity index (χ0v) is 12.2. The predicted molar refractivity (Wildman–Crippen MR) is 81.2 cm³/mol. The Bertz CT molecular complexity index is 600. The van der Waals surface area contributed by atoms with E-state index in [0.29, 0.717) is 17.1 Å². The maximum absolute atomic E-state index is 12.0. The number of aliphatic imine (C=N–C) groups is 1. The summed E-state index contributed by atoms with van der Waals surface area (Å²) in [4.78, 5) is 15.9. The van der Waals surface area contributed by atoms with Crippen LogP contribution in [0.4, 0.5) is 0 Å². The van der Waals surface area contributed by atoms with E-state index < -0.39 is 0 Å². The Hall–Kier alpha value is -1.84. The summed E-state index contributed by atoms with van der Waals surface area (Å²) in [7, 11) is 1.69. The Balaban J connectivity index is 1.92. The average Bonchev–Trinajstić information content (AvgIpc) is 3.07. The molecule has 1 aromatic heterocycles. The molecule has 1 N–H and O–H groups in total. The molecule has 1 saturated carbocycles. The minimum Gasteiger partial charge on any atom is -0.452 e. The summed E-state index contributed by atoms with van der Waals surface area (Å²) in [5.41, 5.74) is 0.491. The lowest BCUT2D eigenvalue weighted by Gasteiger charge is -2.01. The first-order valence-corrected chi connectivity index (χ1v) is 7.15. The van der Waals surface area contributed by atoms with Crippen molar-refractivity contribution in [3.05, 3.63) is 22.5 Å². The molecule has 108 valence electrons. The van der Waals surface area contributed by atoms with Gasteiger partial charge in [0.25, 0.3) is 5.91 Å². The highest BCUT2D eigenvalue weighted by Crippen LogP contribution is 2.41. The van der Waals surface area contributed by atoms with Gasteiger partial charge < -0.3 is 9.73 Å². The van der Waals surface area contributed by atoms with Crippen LogP contribution in [0, 0.1) is 11.8 Å². The fourth-order valence-corrected chi connectivity index (χ4v) is 2.45. The maximum Gasteiger partial charge on any atom is 0.287 e. The van der Waals surface area contributed by atoms with Crippen molar-refractivity contribution in [1.29, 1.82) is 0 Å². The zero-order chi connectivity index (χ0) is 14.5. The van der Waals surface area contributed by atoms with E-state index in [1.807, 2.05) is 0 Å². The molecule has 1 aromatic rings. The predicted octanol–water partition coefficient (Wildman–Crippen LogP) is 1.34. The third kappa shape index (κ3) is 3.59. The Morgan fingerprint density at radius 1 is 1.60 bits per heavy atom. The lowest BCUT2D eigenvalue weighted by atomic mass is 10.2. The summed E-state index contributed by atoms with van der Waals surface area (Å²) in [5, 5.41) is 3.73. The van der Waals surface area contributed by atoms with Crippen LogP contribution in [0.15, 0.2) is 15.5 Å². The van der Waals surface area contributed by atoms with Crippen LogP contribution in [0.1, 0.15) is 36.7 Å². The minimum atomic E-state index is -0.162. The second kappa shape index (κ2) is 6.55. The number of nitrogens with zero attached hydrogens (tertiary/aromatic N) is 1. The standard InChI is InChI=1S/C16H22N2O2/c1-4-5-13-8-14(13)10-18-16(19)15-9-12(6-7-17-3)11(2)20-15/h6-7,9,13-14H,2,4-5,8,10H2,1,3H3,(H,18,19). The Kier molecular flexibility index (Phi) is 4.77. The number of hydrogen-bond donors (Lipinski definition) is 1. The summed E-state index contributed by atoms with van der Waals surface area (Å²) < 4.78 is 5.38. The summed E-state index contributed by atoms with van der Waals surface area (Å²) in [6.45, 7) is 6.72. The van der Waals surface area contributed by atoms with E-state index in [-0.39, 0.29) is 5.91 Å². The topological polar surface area (TPSA) is 54.6 Å². The highest BCUT2D eigenvalue weighted by molar-refractivity contribution is 5.93. The van der Waals surface area contributed by atoms with E-state index in [4.69, 9.17) is 4.42 Å². The van der Waals surface area contributed by atoms with Crippen molar-refractivity contribution in [2.24, 2.45) is 16.8 Å². The van der Waals surface area contributed by atoms with Crippen LogP contribution in [-0.2, 0) is 0 Å². The molecule has 1 aliphatic rings. The molecule has 4 nitrogen and oxygen atoms in total. The van der Waals surface area contributed by atoms with Crippen LogP contribution >= 0.6 is 0 Å². The number of amides is 1. The quantitative estimate of drug-likeness (QED) is 0.796. The summed E-state index contributed by atoms with van der Waals surface area (Å²) in [6, 6.07) is 1.70.